The Balaban J connectivity index is 2.14. The molecule has 17 heavy (non-hydrogen) atoms. The first-order chi connectivity index (χ1) is 8.05. The molecule has 4 atom stereocenters. The number of hydrogen-bond donors (Lipinski definition) is 0. The molecule has 0 saturated carbocycles. The highest BCUT2D eigenvalue weighted by Crippen LogP contribution is 2.36. The van der Waals surface area contributed by atoms with E-state index in [-0.39, 0.29) is 0 Å². The minimum absolute atomic E-state index is 0.894. The van der Waals surface area contributed by atoms with Crippen molar-refractivity contribution >= 4 is 0 Å². The monoisotopic (exact) mass is 238 g/mol. The number of rotatable bonds is 0. The molecule has 0 aromatic heterocycles. The highest BCUT2D eigenvalue weighted by atomic mass is 15.4. The highest BCUT2D eigenvalue weighted by molar-refractivity contribution is 4.75. The summed E-state index contributed by atoms with van der Waals surface area (Å²) in [6.07, 6.45) is 7.33. The Labute approximate surface area is 108 Å². The fourth-order valence-electron chi connectivity index (χ4n) is 4.28. The van der Waals surface area contributed by atoms with Crippen LogP contribution in [0.2, 0.25) is 0 Å². The molecule has 2 rings (SSSR count). The molecule has 2 fully saturated rings. The van der Waals surface area contributed by atoms with Crippen molar-refractivity contribution in [2.45, 2.75) is 65.8 Å². The average molecular weight is 238 g/mol. The summed E-state index contributed by atoms with van der Waals surface area (Å²) in [6, 6.07) is 0.894. The normalized spacial score (nSPS) is 43.1. The molecule has 0 amide bonds. The lowest BCUT2D eigenvalue weighted by atomic mass is 9.79. The van der Waals surface area contributed by atoms with Crippen LogP contribution in [0.5, 0.6) is 0 Å². The van der Waals surface area contributed by atoms with Crippen molar-refractivity contribution in [1.29, 1.82) is 0 Å². The highest BCUT2D eigenvalue weighted by Gasteiger charge is 2.40. The first-order valence-corrected chi connectivity index (χ1v) is 7.91. The Morgan fingerprint density at radius 1 is 0.706 bits per heavy atom. The molecule has 2 saturated heterocycles. The van der Waals surface area contributed by atoms with Gasteiger partial charge in [0.1, 0.15) is 0 Å². The summed E-state index contributed by atoms with van der Waals surface area (Å²) in [4.78, 5) is 0. The third-order valence-electron chi connectivity index (χ3n) is 6.14. The summed E-state index contributed by atoms with van der Waals surface area (Å²) in [5, 5.41) is 0. The van der Waals surface area contributed by atoms with E-state index in [1.165, 1.54) is 56.2 Å². The van der Waals surface area contributed by atoms with Crippen LogP contribution in [0.1, 0.15) is 59.8 Å². The Morgan fingerprint density at radius 3 is 2.00 bits per heavy atom. The third-order valence-corrected chi connectivity index (χ3v) is 6.14. The molecule has 0 aromatic carbocycles. The zero-order valence-corrected chi connectivity index (χ0v) is 12.4. The average Bonchev–Trinajstić information content (AvgIpc) is 2.35. The van der Waals surface area contributed by atoms with E-state index in [1.54, 1.807) is 0 Å². The summed E-state index contributed by atoms with van der Waals surface area (Å²) in [7, 11) is 0. The fraction of sp³-hybridized carbons (Fsp3) is 1.00. The molecule has 1 heteroatoms. The molecule has 4 unspecified atom stereocenters. The van der Waals surface area contributed by atoms with E-state index in [0.717, 1.165) is 23.8 Å². The summed E-state index contributed by atoms with van der Waals surface area (Å²) in [5.41, 5.74) is 0. The fourth-order valence-corrected chi connectivity index (χ4v) is 4.28. The summed E-state index contributed by atoms with van der Waals surface area (Å²) in [5.74, 6) is 2.77. The van der Waals surface area contributed by atoms with E-state index in [1.807, 2.05) is 0 Å². The van der Waals surface area contributed by atoms with E-state index in [0.29, 0.717) is 0 Å². The van der Waals surface area contributed by atoms with Crippen LogP contribution >= 0.6 is 0 Å². The Morgan fingerprint density at radius 2 is 1.35 bits per heavy atom. The van der Waals surface area contributed by atoms with Gasteiger partial charge in [-0.3, -0.25) is 0 Å². The lowest BCUT2D eigenvalue weighted by molar-refractivity contribution is -0.958. The van der Waals surface area contributed by atoms with Crippen molar-refractivity contribution in [3.05, 3.63) is 0 Å². The Hall–Kier alpha value is -0.0400. The summed E-state index contributed by atoms with van der Waals surface area (Å²) >= 11 is 0. The van der Waals surface area contributed by atoms with Crippen LogP contribution < -0.4 is 0 Å². The van der Waals surface area contributed by atoms with E-state index < -0.39 is 0 Å². The molecular weight excluding hydrogens is 206 g/mol. The Bertz CT molecular complexity index is 242. The van der Waals surface area contributed by atoms with Gasteiger partial charge < -0.3 is 4.48 Å². The number of piperidine rings is 1. The third kappa shape index (κ3) is 2.70. The van der Waals surface area contributed by atoms with Gasteiger partial charge in [0.2, 0.25) is 0 Å². The maximum Gasteiger partial charge on any atom is 0.0887 e. The van der Waals surface area contributed by atoms with E-state index in [9.17, 15) is 0 Å². The van der Waals surface area contributed by atoms with Crippen molar-refractivity contribution in [2.75, 3.05) is 19.6 Å². The molecule has 0 aliphatic carbocycles. The van der Waals surface area contributed by atoms with Crippen LogP contribution in [0.3, 0.4) is 0 Å². The van der Waals surface area contributed by atoms with Crippen LogP contribution in [0, 0.1) is 17.8 Å². The van der Waals surface area contributed by atoms with E-state index in [4.69, 9.17) is 0 Å². The molecular formula is C16H32N+. The van der Waals surface area contributed by atoms with Gasteiger partial charge in [-0.05, 0) is 50.9 Å². The summed E-state index contributed by atoms with van der Waals surface area (Å²) < 4.78 is 1.46. The summed E-state index contributed by atoms with van der Waals surface area (Å²) in [6.45, 7) is 14.4. The second kappa shape index (κ2) is 5.30. The van der Waals surface area contributed by atoms with E-state index >= 15 is 0 Å². The van der Waals surface area contributed by atoms with Crippen molar-refractivity contribution in [2.24, 2.45) is 17.8 Å². The van der Waals surface area contributed by atoms with Gasteiger partial charge in [0.05, 0.1) is 25.7 Å². The lowest BCUT2D eigenvalue weighted by Crippen LogP contribution is -2.60. The standard InChI is InChI=1S/C16H32N/c1-13-8-11-17(9-6-5-7-10-17)16(4)15(3)12-14(13)2/h13-16H,5-12H2,1-4H3/q+1. The molecule has 100 valence electrons. The Kier molecular flexibility index (Phi) is 4.18. The minimum Gasteiger partial charge on any atom is -0.321 e. The molecule has 0 N–H and O–H groups in total. The zero-order valence-electron chi connectivity index (χ0n) is 12.4. The largest absolute Gasteiger partial charge is 0.321 e. The van der Waals surface area contributed by atoms with Crippen LogP contribution in [0.15, 0.2) is 0 Å². The smallest absolute Gasteiger partial charge is 0.0887 e. The van der Waals surface area contributed by atoms with Crippen molar-refractivity contribution in [3.63, 3.8) is 0 Å². The second-order valence-corrected chi connectivity index (χ2v) is 7.15. The molecule has 2 aliphatic rings. The molecule has 1 nitrogen and oxygen atoms in total. The molecule has 1 spiro atoms. The van der Waals surface area contributed by atoms with Gasteiger partial charge >= 0.3 is 0 Å². The predicted molar refractivity (Wildman–Crippen MR) is 74.9 cm³/mol. The second-order valence-electron chi connectivity index (χ2n) is 7.15. The quantitative estimate of drug-likeness (QED) is 0.558. The van der Waals surface area contributed by atoms with Gasteiger partial charge in [-0.15, -0.1) is 0 Å². The molecule has 2 heterocycles. The van der Waals surface area contributed by atoms with Crippen LogP contribution in [0.25, 0.3) is 0 Å². The van der Waals surface area contributed by atoms with Crippen LogP contribution in [0.4, 0.5) is 0 Å². The number of quaternary nitrogens is 1. The zero-order chi connectivity index (χ0) is 12.5. The van der Waals surface area contributed by atoms with Crippen LogP contribution in [-0.4, -0.2) is 30.2 Å². The van der Waals surface area contributed by atoms with Gasteiger partial charge in [0.25, 0.3) is 0 Å². The van der Waals surface area contributed by atoms with Crippen molar-refractivity contribution in [1.82, 2.24) is 0 Å². The van der Waals surface area contributed by atoms with Crippen LogP contribution in [-0.2, 0) is 0 Å². The van der Waals surface area contributed by atoms with Gasteiger partial charge in [0.15, 0.2) is 0 Å². The SMILES string of the molecule is CC1CC[N+]2(CCCCC2)C(C)C(C)CC1C. The lowest BCUT2D eigenvalue weighted by Gasteiger charge is -2.50. The van der Waals surface area contributed by atoms with Gasteiger partial charge in [-0.25, -0.2) is 0 Å². The van der Waals surface area contributed by atoms with Crippen molar-refractivity contribution in [3.8, 4) is 0 Å². The number of hydrogen-bond acceptors (Lipinski definition) is 0. The van der Waals surface area contributed by atoms with Crippen molar-refractivity contribution < 1.29 is 4.48 Å². The van der Waals surface area contributed by atoms with Gasteiger partial charge in [-0.1, -0.05) is 20.8 Å². The van der Waals surface area contributed by atoms with Gasteiger partial charge in [0, 0.05) is 5.92 Å². The van der Waals surface area contributed by atoms with Gasteiger partial charge in [-0.2, -0.15) is 0 Å². The molecule has 2 aliphatic heterocycles. The maximum absolute atomic E-state index is 2.54. The first kappa shape index (κ1) is 13.4. The minimum atomic E-state index is 0.894. The number of nitrogens with zero attached hydrogens (tertiary/aromatic N) is 1. The molecule has 0 bridgehead atoms. The molecule has 0 radical (unpaired) electrons. The molecule has 0 aromatic rings. The topological polar surface area (TPSA) is 0 Å². The predicted octanol–water partition coefficient (Wildman–Crippen LogP) is 4.08. The maximum atomic E-state index is 2.54. The van der Waals surface area contributed by atoms with E-state index in [2.05, 4.69) is 27.7 Å². The first-order valence-electron chi connectivity index (χ1n) is 7.91.